The maximum absolute atomic E-state index is 3.51. The molecule has 0 bridgehead atoms. The van der Waals surface area contributed by atoms with E-state index >= 15 is 0 Å². The summed E-state index contributed by atoms with van der Waals surface area (Å²) in [5, 5.41) is 5.28. The van der Waals surface area contributed by atoms with Gasteiger partial charge in [-0.05, 0) is 0 Å². The Kier molecular flexibility index (Phi) is 6.01. The summed E-state index contributed by atoms with van der Waals surface area (Å²) in [5.74, 6) is 0. The first-order chi connectivity index (χ1) is 11.9. The summed E-state index contributed by atoms with van der Waals surface area (Å²) in [4.78, 5) is 0. The zero-order chi connectivity index (χ0) is 16.7. The Hall–Kier alpha value is -1.69. The minimum atomic E-state index is -2.07. The summed E-state index contributed by atoms with van der Waals surface area (Å²) in [7, 11) is -2.07. The van der Waals surface area contributed by atoms with Crippen LogP contribution >= 0.6 is 23.2 Å². The first-order valence-corrected chi connectivity index (χ1v) is 11.6. The van der Waals surface area contributed by atoms with Gasteiger partial charge in [0, 0.05) is 0 Å². The van der Waals surface area contributed by atoms with E-state index in [1.165, 1.54) is 15.9 Å². The van der Waals surface area contributed by atoms with E-state index in [9.17, 15) is 0 Å². The quantitative estimate of drug-likeness (QED) is 0.322. The molecule has 2 heteroatoms. The predicted molar refractivity (Wildman–Crippen MR) is 114 cm³/mol. The van der Waals surface area contributed by atoms with Gasteiger partial charge in [0.15, 0.2) is 0 Å². The average Bonchev–Trinajstić information content (AvgIpc) is 2.68. The van der Waals surface area contributed by atoms with E-state index < -0.39 is 7.26 Å². The van der Waals surface area contributed by atoms with Crippen LogP contribution in [0.25, 0.3) is 0 Å². The van der Waals surface area contributed by atoms with Crippen LogP contribution in [0.1, 0.15) is 0 Å². The summed E-state index contributed by atoms with van der Waals surface area (Å²) in [5.41, 5.74) is 0. The van der Waals surface area contributed by atoms with Crippen LogP contribution in [0.2, 0.25) is 0 Å². The average molecular weight is 397 g/mol. The van der Waals surface area contributed by atoms with E-state index in [-0.39, 0.29) is 0 Å². The maximum atomic E-state index is 3.51. The SMILES string of the molecule is BrCC=CC[PH](c1ccccc1)(c1ccccc1)c1ccccc1. The Bertz CT molecular complexity index is 670. The van der Waals surface area contributed by atoms with Gasteiger partial charge in [-0.15, -0.1) is 0 Å². The molecule has 0 heterocycles. The molecule has 0 N–H and O–H groups in total. The van der Waals surface area contributed by atoms with Gasteiger partial charge in [0.1, 0.15) is 0 Å². The van der Waals surface area contributed by atoms with Crippen molar-refractivity contribution in [3.05, 3.63) is 103 Å². The van der Waals surface area contributed by atoms with Crippen LogP contribution in [0.15, 0.2) is 103 Å². The van der Waals surface area contributed by atoms with E-state index in [1.807, 2.05) is 0 Å². The third kappa shape index (κ3) is 3.53. The van der Waals surface area contributed by atoms with Gasteiger partial charge in [0.2, 0.25) is 0 Å². The van der Waals surface area contributed by atoms with E-state index in [0.717, 1.165) is 11.5 Å². The molecule has 122 valence electrons. The number of alkyl halides is 1. The Morgan fingerprint density at radius 2 is 0.958 bits per heavy atom. The molecule has 0 atom stereocenters. The molecule has 0 aromatic heterocycles. The van der Waals surface area contributed by atoms with Crippen LogP contribution in [0.4, 0.5) is 0 Å². The molecule has 0 saturated carbocycles. The van der Waals surface area contributed by atoms with Gasteiger partial charge in [-0.2, -0.15) is 0 Å². The summed E-state index contributed by atoms with van der Waals surface area (Å²) in [6.45, 7) is 0. The Balaban J connectivity index is 2.26. The second-order valence-electron chi connectivity index (χ2n) is 5.83. The number of hydrogen-bond acceptors (Lipinski definition) is 0. The molecule has 0 fully saturated rings. The van der Waals surface area contributed by atoms with Crippen LogP contribution in [-0.4, -0.2) is 11.5 Å². The molecule has 0 unspecified atom stereocenters. The van der Waals surface area contributed by atoms with E-state index in [0.29, 0.717) is 0 Å². The monoisotopic (exact) mass is 396 g/mol. The number of halogens is 1. The molecule has 24 heavy (non-hydrogen) atoms. The van der Waals surface area contributed by atoms with Gasteiger partial charge in [-0.1, -0.05) is 0 Å². The third-order valence-electron chi connectivity index (χ3n) is 4.48. The molecule has 3 rings (SSSR count). The van der Waals surface area contributed by atoms with Gasteiger partial charge in [0.25, 0.3) is 0 Å². The first kappa shape index (κ1) is 17.1. The first-order valence-electron chi connectivity index (χ1n) is 8.25. The molecule has 0 amide bonds. The van der Waals surface area contributed by atoms with Crippen molar-refractivity contribution in [3.63, 3.8) is 0 Å². The standard InChI is InChI=1S/C22H22BrP/c23-18-10-11-19-24(20-12-4-1-5-13-20,21-14-6-2-7-15-21)22-16-8-3-9-17-22/h1-17,24H,18-19H2. The van der Waals surface area contributed by atoms with Gasteiger partial charge >= 0.3 is 154 Å². The van der Waals surface area contributed by atoms with Crippen LogP contribution < -0.4 is 15.9 Å². The van der Waals surface area contributed by atoms with Gasteiger partial charge in [0.05, 0.1) is 0 Å². The van der Waals surface area contributed by atoms with Crippen molar-refractivity contribution < 1.29 is 0 Å². The molecule has 0 spiro atoms. The van der Waals surface area contributed by atoms with Crippen molar-refractivity contribution in [2.45, 2.75) is 0 Å². The molecular formula is C22H22BrP. The van der Waals surface area contributed by atoms with Gasteiger partial charge in [-0.3, -0.25) is 0 Å². The molecular weight excluding hydrogens is 375 g/mol. The molecule has 0 radical (unpaired) electrons. The van der Waals surface area contributed by atoms with Crippen molar-refractivity contribution in [2.75, 3.05) is 11.5 Å². The normalized spacial score (nSPS) is 12.4. The molecule has 3 aromatic rings. The topological polar surface area (TPSA) is 0 Å². The summed E-state index contributed by atoms with van der Waals surface area (Å²) in [6, 6.07) is 33.1. The number of allylic oxidation sites excluding steroid dienone is 2. The van der Waals surface area contributed by atoms with Crippen LogP contribution in [0.3, 0.4) is 0 Å². The van der Waals surface area contributed by atoms with Crippen molar-refractivity contribution in [1.82, 2.24) is 0 Å². The van der Waals surface area contributed by atoms with Crippen molar-refractivity contribution >= 4 is 39.1 Å². The zero-order valence-electron chi connectivity index (χ0n) is 13.6. The van der Waals surface area contributed by atoms with Crippen molar-refractivity contribution in [2.24, 2.45) is 0 Å². The van der Waals surface area contributed by atoms with E-state index in [2.05, 4.69) is 119 Å². The van der Waals surface area contributed by atoms with Crippen molar-refractivity contribution in [3.8, 4) is 0 Å². The van der Waals surface area contributed by atoms with Gasteiger partial charge < -0.3 is 0 Å². The summed E-state index contributed by atoms with van der Waals surface area (Å²) >= 11 is 3.51. The fourth-order valence-electron chi connectivity index (χ4n) is 3.34. The van der Waals surface area contributed by atoms with Crippen LogP contribution in [0.5, 0.6) is 0 Å². The fraction of sp³-hybridized carbons (Fsp3) is 0.0909. The third-order valence-corrected chi connectivity index (χ3v) is 9.66. The number of rotatable bonds is 6. The molecule has 0 aliphatic heterocycles. The molecule has 0 nitrogen and oxygen atoms in total. The zero-order valence-corrected chi connectivity index (χ0v) is 16.2. The minimum absolute atomic E-state index is 0.899. The molecule has 0 aliphatic carbocycles. The van der Waals surface area contributed by atoms with Crippen molar-refractivity contribution in [1.29, 1.82) is 0 Å². The Morgan fingerprint density at radius 3 is 1.29 bits per heavy atom. The molecule has 0 aliphatic rings. The second kappa shape index (κ2) is 8.42. The molecule has 0 saturated heterocycles. The Labute approximate surface area is 153 Å². The van der Waals surface area contributed by atoms with Crippen LogP contribution in [-0.2, 0) is 0 Å². The summed E-state index contributed by atoms with van der Waals surface area (Å²) in [6.07, 6.45) is 5.63. The predicted octanol–water partition coefficient (Wildman–Crippen LogP) is 4.66. The fourth-order valence-corrected chi connectivity index (χ4v) is 8.12. The molecule has 3 aromatic carbocycles. The summed E-state index contributed by atoms with van der Waals surface area (Å²) < 4.78 is 0. The van der Waals surface area contributed by atoms with E-state index in [1.54, 1.807) is 0 Å². The van der Waals surface area contributed by atoms with Crippen LogP contribution in [0, 0.1) is 0 Å². The second-order valence-corrected chi connectivity index (χ2v) is 10.4. The number of hydrogen-bond donors (Lipinski definition) is 0. The Morgan fingerprint density at radius 1 is 0.583 bits per heavy atom. The van der Waals surface area contributed by atoms with E-state index in [4.69, 9.17) is 0 Å². The van der Waals surface area contributed by atoms with Gasteiger partial charge in [-0.25, -0.2) is 0 Å². The number of benzene rings is 3.